The summed E-state index contributed by atoms with van der Waals surface area (Å²) in [5.74, 6) is 1.42. The summed E-state index contributed by atoms with van der Waals surface area (Å²) in [4.78, 5) is 21.4. The van der Waals surface area contributed by atoms with Gasteiger partial charge in [0.15, 0.2) is 5.82 Å². The summed E-state index contributed by atoms with van der Waals surface area (Å²) < 4.78 is 12.1. The maximum Gasteiger partial charge on any atom is 0.343 e. The molecule has 0 saturated heterocycles. The molecule has 0 atom stereocenters. The predicted molar refractivity (Wildman–Crippen MR) is 130 cm³/mol. The van der Waals surface area contributed by atoms with Crippen molar-refractivity contribution in [2.45, 2.75) is 52.4 Å². The van der Waals surface area contributed by atoms with Gasteiger partial charge < -0.3 is 9.47 Å². The monoisotopic (exact) mass is 496 g/mol. The number of hydrogen-bond donors (Lipinski definition) is 0. The van der Waals surface area contributed by atoms with Crippen LogP contribution in [-0.2, 0) is 6.42 Å². The average molecular weight is 497 g/mol. The van der Waals surface area contributed by atoms with E-state index in [1.807, 2.05) is 24.5 Å². The van der Waals surface area contributed by atoms with Gasteiger partial charge in [0.05, 0.1) is 16.6 Å². The second-order valence-electron chi connectivity index (χ2n) is 7.63. The Morgan fingerprint density at radius 3 is 2.34 bits per heavy atom. The van der Waals surface area contributed by atoms with Crippen molar-refractivity contribution in [1.82, 2.24) is 9.97 Å². The summed E-state index contributed by atoms with van der Waals surface area (Å²) in [5, 5.41) is 0. The van der Waals surface area contributed by atoms with Crippen LogP contribution < -0.4 is 9.47 Å². The van der Waals surface area contributed by atoms with Crippen molar-refractivity contribution in [3.63, 3.8) is 0 Å². The van der Waals surface area contributed by atoms with Gasteiger partial charge in [-0.3, -0.25) is 0 Å². The molecule has 0 spiro atoms. The molecular formula is C26H29BrN2O3. The van der Waals surface area contributed by atoms with Crippen molar-refractivity contribution in [1.29, 1.82) is 0 Å². The van der Waals surface area contributed by atoms with Crippen LogP contribution in [0.1, 0.15) is 61.9 Å². The number of rotatable bonds is 11. The van der Waals surface area contributed by atoms with Crippen molar-refractivity contribution in [3.8, 4) is 22.9 Å². The highest BCUT2D eigenvalue weighted by atomic mass is 79.9. The number of nitrogens with zero attached hydrogens (tertiary/aromatic N) is 2. The first kappa shape index (κ1) is 23.9. The Morgan fingerprint density at radius 2 is 1.69 bits per heavy atom. The quantitative estimate of drug-likeness (QED) is 0.162. The van der Waals surface area contributed by atoms with Gasteiger partial charge in [-0.15, -0.1) is 0 Å². The zero-order valence-corrected chi connectivity index (χ0v) is 20.2. The molecule has 0 aliphatic heterocycles. The number of esters is 1. The standard InChI is InChI=1S/C26H29BrN2O3/c1-3-5-6-7-15-31-24-14-11-21(16-23(24)27)26(30)32-22-12-9-20(10-13-22)25-28-17-19(8-4-2)18-29-25/h9-14,16-18H,3-8,15H2,1-2H3. The third-order valence-corrected chi connectivity index (χ3v) is 5.61. The molecule has 1 aromatic heterocycles. The van der Waals surface area contributed by atoms with Crippen LogP contribution in [0.2, 0.25) is 0 Å². The van der Waals surface area contributed by atoms with E-state index in [1.54, 1.807) is 30.3 Å². The third-order valence-electron chi connectivity index (χ3n) is 4.99. The van der Waals surface area contributed by atoms with Gasteiger partial charge in [0.25, 0.3) is 0 Å². The third kappa shape index (κ3) is 6.89. The molecule has 32 heavy (non-hydrogen) atoms. The molecule has 0 bridgehead atoms. The molecule has 0 aliphatic rings. The minimum absolute atomic E-state index is 0.423. The van der Waals surface area contributed by atoms with Gasteiger partial charge in [-0.05, 0) is 76.8 Å². The van der Waals surface area contributed by atoms with Gasteiger partial charge in [-0.2, -0.15) is 0 Å². The maximum absolute atomic E-state index is 12.6. The van der Waals surface area contributed by atoms with Gasteiger partial charge >= 0.3 is 5.97 Å². The van der Waals surface area contributed by atoms with Gasteiger partial charge in [0.1, 0.15) is 11.5 Å². The van der Waals surface area contributed by atoms with Gasteiger partial charge in [-0.1, -0.05) is 39.5 Å². The van der Waals surface area contributed by atoms with Crippen LogP contribution in [0.3, 0.4) is 0 Å². The van der Waals surface area contributed by atoms with Gasteiger partial charge in [0.2, 0.25) is 0 Å². The Bertz CT molecular complexity index is 1000. The molecule has 168 valence electrons. The van der Waals surface area contributed by atoms with E-state index in [0.717, 1.165) is 47.0 Å². The molecule has 3 aromatic rings. The predicted octanol–water partition coefficient (Wildman–Crippen LogP) is 7.04. The van der Waals surface area contributed by atoms with Crippen LogP contribution in [0, 0.1) is 0 Å². The minimum atomic E-state index is -0.423. The highest BCUT2D eigenvalue weighted by Crippen LogP contribution is 2.27. The van der Waals surface area contributed by atoms with Gasteiger partial charge in [-0.25, -0.2) is 14.8 Å². The Labute approximate surface area is 198 Å². The first-order valence-corrected chi connectivity index (χ1v) is 12.0. The summed E-state index contributed by atoms with van der Waals surface area (Å²) in [6, 6.07) is 12.4. The first-order valence-electron chi connectivity index (χ1n) is 11.2. The lowest BCUT2D eigenvalue weighted by Crippen LogP contribution is -2.09. The van der Waals surface area contributed by atoms with Crippen LogP contribution in [0.15, 0.2) is 59.3 Å². The number of aryl methyl sites for hydroxylation is 1. The van der Waals surface area contributed by atoms with Crippen molar-refractivity contribution in [2.75, 3.05) is 6.61 Å². The second kappa shape index (κ2) is 12.3. The van der Waals surface area contributed by atoms with Crippen LogP contribution in [0.4, 0.5) is 0 Å². The lowest BCUT2D eigenvalue weighted by atomic mass is 10.2. The molecule has 0 saturated carbocycles. The SMILES string of the molecule is CCCCCCOc1ccc(C(=O)Oc2ccc(-c3ncc(CCC)cn3)cc2)cc1Br. The molecule has 0 radical (unpaired) electrons. The minimum Gasteiger partial charge on any atom is -0.492 e. The topological polar surface area (TPSA) is 61.3 Å². The molecule has 0 amide bonds. The van der Waals surface area contributed by atoms with Crippen molar-refractivity contribution >= 4 is 21.9 Å². The molecule has 0 fully saturated rings. The van der Waals surface area contributed by atoms with E-state index in [2.05, 4.69) is 39.7 Å². The number of hydrogen-bond acceptors (Lipinski definition) is 5. The fourth-order valence-electron chi connectivity index (χ4n) is 3.22. The van der Waals surface area contributed by atoms with Crippen molar-refractivity contribution < 1.29 is 14.3 Å². The van der Waals surface area contributed by atoms with Crippen LogP contribution in [0.5, 0.6) is 11.5 Å². The van der Waals surface area contributed by atoms with E-state index in [-0.39, 0.29) is 0 Å². The Hall–Kier alpha value is -2.73. The van der Waals surface area contributed by atoms with Crippen LogP contribution in [-0.4, -0.2) is 22.5 Å². The van der Waals surface area contributed by atoms with E-state index >= 15 is 0 Å². The molecule has 3 rings (SSSR count). The van der Waals surface area contributed by atoms with E-state index in [1.165, 1.54) is 12.8 Å². The molecule has 6 heteroatoms. The second-order valence-corrected chi connectivity index (χ2v) is 8.49. The van der Waals surface area contributed by atoms with E-state index in [4.69, 9.17) is 9.47 Å². The molecule has 5 nitrogen and oxygen atoms in total. The number of benzene rings is 2. The lowest BCUT2D eigenvalue weighted by Gasteiger charge is -2.10. The van der Waals surface area contributed by atoms with Crippen LogP contribution in [0.25, 0.3) is 11.4 Å². The number of carbonyl (C=O) groups is 1. The lowest BCUT2D eigenvalue weighted by molar-refractivity contribution is 0.0734. The largest absolute Gasteiger partial charge is 0.492 e. The summed E-state index contributed by atoms with van der Waals surface area (Å²) >= 11 is 3.49. The number of halogens is 1. The van der Waals surface area contributed by atoms with Crippen molar-refractivity contribution in [3.05, 3.63) is 70.5 Å². The molecule has 1 heterocycles. The summed E-state index contributed by atoms with van der Waals surface area (Å²) in [6.45, 7) is 4.98. The molecule has 0 N–H and O–H groups in total. The van der Waals surface area contributed by atoms with E-state index < -0.39 is 5.97 Å². The van der Waals surface area contributed by atoms with Gasteiger partial charge in [0, 0.05) is 18.0 Å². The Morgan fingerprint density at radius 1 is 0.938 bits per heavy atom. The Balaban J connectivity index is 1.57. The number of aromatic nitrogens is 2. The first-order chi connectivity index (χ1) is 15.6. The zero-order chi connectivity index (χ0) is 22.8. The normalized spacial score (nSPS) is 10.7. The molecular weight excluding hydrogens is 468 g/mol. The summed E-state index contributed by atoms with van der Waals surface area (Å²) in [6.07, 6.45) is 10.3. The summed E-state index contributed by atoms with van der Waals surface area (Å²) in [7, 11) is 0. The summed E-state index contributed by atoms with van der Waals surface area (Å²) in [5.41, 5.74) is 2.45. The smallest absolute Gasteiger partial charge is 0.343 e. The number of ether oxygens (including phenoxy) is 2. The number of unbranched alkanes of at least 4 members (excludes halogenated alkanes) is 3. The fraction of sp³-hybridized carbons (Fsp3) is 0.346. The number of carbonyl (C=O) groups excluding carboxylic acids is 1. The zero-order valence-electron chi connectivity index (χ0n) is 18.6. The highest BCUT2D eigenvalue weighted by Gasteiger charge is 2.12. The van der Waals surface area contributed by atoms with E-state index in [9.17, 15) is 4.79 Å². The van der Waals surface area contributed by atoms with Crippen molar-refractivity contribution in [2.24, 2.45) is 0 Å². The highest BCUT2D eigenvalue weighted by molar-refractivity contribution is 9.10. The fourth-order valence-corrected chi connectivity index (χ4v) is 3.71. The molecule has 2 aromatic carbocycles. The molecule has 0 aliphatic carbocycles. The Kier molecular flexibility index (Phi) is 9.23. The van der Waals surface area contributed by atoms with Crippen LogP contribution >= 0.6 is 15.9 Å². The van der Waals surface area contributed by atoms with E-state index in [0.29, 0.717) is 23.7 Å². The molecule has 0 unspecified atom stereocenters. The maximum atomic E-state index is 12.6. The average Bonchev–Trinajstić information content (AvgIpc) is 2.81.